The van der Waals surface area contributed by atoms with E-state index in [-0.39, 0.29) is 12.3 Å². The zero-order chi connectivity index (χ0) is 32.4. The number of hydrogen-bond acceptors (Lipinski definition) is 5. The molecule has 0 aliphatic carbocycles. The summed E-state index contributed by atoms with van der Waals surface area (Å²) >= 11 is 12.3. The molecule has 0 saturated carbocycles. The van der Waals surface area contributed by atoms with Crippen LogP contribution in [0.2, 0.25) is 10.0 Å². The van der Waals surface area contributed by atoms with E-state index in [0.717, 1.165) is 5.56 Å². The molecule has 0 fully saturated rings. The zero-order valence-corrected chi connectivity index (χ0v) is 26.4. The van der Waals surface area contributed by atoms with Crippen LogP contribution >= 0.6 is 23.2 Å². The summed E-state index contributed by atoms with van der Waals surface area (Å²) in [4.78, 5) is 52.8. The molecule has 4 rings (SSSR count). The van der Waals surface area contributed by atoms with E-state index in [0.29, 0.717) is 51.1 Å². The second kappa shape index (κ2) is 15.4. The lowest BCUT2D eigenvalue weighted by Crippen LogP contribution is -2.57. The van der Waals surface area contributed by atoms with Crippen LogP contribution in [0.25, 0.3) is 11.1 Å². The van der Waals surface area contributed by atoms with Crippen LogP contribution in [0.3, 0.4) is 0 Å². The number of anilines is 1. The summed E-state index contributed by atoms with van der Waals surface area (Å²) in [7, 11) is 0. The van der Waals surface area contributed by atoms with Crippen LogP contribution < -0.4 is 16.0 Å². The molecule has 0 radical (unpaired) electrons. The normalized spacial score (nSPS) is 10.9. The summed E-state index contributed by atoms with van der Waals surface area (Å²) in [5.74, 6) is -2.06. The molecule has 0 atom stereocenters. The molecule has 0 aromatic heterocycles. The van der Waals surface area contributed by atoms with Gasteiger partial charge in [0.1, 0.15) is 6.61 Å². The molecule has 0 spiro atoms. The standard InChI is InChI=1S/C35H33Cl2N3O5/c1-3-38-33(43)35(34(44)39-4-2,25-10-6-5-7-11-25)22-45-31(41)20-23-14-17-26(18-15-23)40-32(42)28-13-9-8-12-27(28)24-16-19-29(36)30(37)21-24/h5-19,21H,3-4,20,22H2,1-2H3,(H,38,43)(H,39,44)(H,40,42). The lowest BCUT2D eigenvalue weighted by molar-refractivity contribution is -0.150. The highest BCUT2D eigenvalue weighted by Crippen LogP contribution is 2.31. The van der Waals surface area contributed by atoms with Crippen molar-refractivity contribution in [3.8, 4) is 11.1 Å². The fourth-order valence-corrected chi connectivity index (χ4v) is 5.13. The second-order valence-electron chi connectivity index (χ2n) is 10.2. The first-order chi connectivity index (χ1) is 21.7. The Morgan fingerprint density at radius 1 is 0.733 bits per heavy atom. The Bertz CT molecular complexity index is 1660. The van der Waals surface area contributed by atoms with E-state index in [4.69, 9.17) is 27.9 Å². The lowest BCUT2D eigenvalue weighted by Gasteiger charge is -2.31. The van der Waals surface area contributed by atoms with Crippen LogP contribution in [-0.4, -0.2) is 43.4 Å². The molecule has 0 aliphatic heterocycles. The Morgan fingerprint density at radius 2 is 1.36 bits per heavy atom. The number of halogens is 2. The average Bonchev–Trinajstić information content (AvgIpc) is 3.04. The van der Waals surface area contributed by atoms with E-state index in [1.54, 1.807) is 98.8 Å². The first-order valence-electron chi connectivity index (χ1n) is 14.4. The van der Waals surface area contributed by atoms with Crippen molar-refractivity contribution in [3.05, 3.63) is 124 Å². The largest absolute Gasteiger partial charge is 0.463 e. The van der Waals surface area contributed by atoms with Gasteiger partial charge in [-0.25, -0.2) is 0 Å². The van der Waals surface area contributed by atoms with Gasteiger partial charge in [0.05, 0.1) is 16.5 Å². The van der Waals surface area contributed by atoms with Gasteiger partial charge >= 0.3 is 5.97 Å². The maximum atomic E-state index is 13.3. The van der Waals surface area contributed by atoms with E-state index in [1.165, 1.54) is 0 Å². The Balaban J connectivity index is 1.45. The highest BCUT2D eigenvalue weighted by Gasteiger charge is 2.48. The molecule has 3 amide bonds. The quantitative estimate of drug-likeness (QED) is 0.125. The fourth-order valence-electron chi connectivity index (χ4n) is 4.83. The SMILES string of the molecule is CCNC(=O)C(COC(=O)Cc1ccc(NC(=O)c2ccccc2-c2ccc(Cl)c(Cl)c2)cc1)(C(=O)NCC)c1ccccc1. The van der Waals surface area contributed by atoms with Gasteiger partial charge in [-0.2, -0.15) is 0 Å². The summed E-state index contributed by atoms with van der Waals surface area (Å²) in [5, 5.41) is 9.12. The van der Waals surface area contributed by atoms with E-state index >= 15 is 0 Å². The summed E-state index contributed by atoms with van der Waals surface area (Å²) in [6, 6.07) is 27.6. The Hall–Kier alpha value is -4.66. The number of rotatable bonds is 12. The van der Waals surface area contributed by atoms with Gasteiger partial charge < -0.3 is 20.7 Å². The van der Waals surface area contributed by atoms with Crippen molar-refractivity contribution in [2.45, 2.75) is 25.7 Å². The van der Waals surface area contributed by atoms with Gasteiger partial charge in [-0.3, -0.25) is 19.2 Å². The number of esters is 1. The molecular formula is C35H33Cl2N3O5. The summed E-state index contributed by atoms with van der Waals surface area (Å²) in [6.07, 6.45) is -0.107. The van der Waals surface area contributed by atoms with Crippen LogP contribution in [0, 0.1) is 0 Å². The van der Waals surface area contributed by atoms with Crippen molar-refractivity contribution in [3.63, 3.8) is 0 Å². The lowest BCUT2D eigenvalue weighted by atomic mass is 9.79. The fraction of sp³-hybridized carbons (Fsp3) is 0.200. The van der Waals surface area contributed by atoms with Crippen molar-refractivity contribution in [2.75, 3.05) is 25.0 Å². The number of nitrogens with one attached hydrogen (secondary N) is 3. The predicted octanol–water partition coefficient (Wildman–Crippen LogP) is 6.21. The molecule has 0 bridgehead atoms. The second-order valence-corrected chi connectivity index (χ2v) is 11.0. The van der Waals surface area contributed by atoms with Gasteiger partial charge in [-0.1, -0.05) is 89.9 Å². The highest BCUT2D eigenvalue weighted by molar-refractivity contribution is 6.42. The highest BCUT2D eigenvalue weighted by atomic mass is 35.5. The van der Waals surface area contributed by atoms with Crippen LogP contribution in [0.1, 0.15) is 35.3 Å². The molecule has 232 valence electrons. The molecule has 4 aromatic rings. The van der Waals surface area contributed by atoms with Crippen LogP contribution in [0.4, 0.5) is 5.69 Å². The van der Waals surface area contributed by atoms with Gasteiger partial charge in [0.25, 0.3) is 5.91 Å². The van der Waals surface area contributed by atoms with E-state index < -0.39 is 29.8 Å². The number of carbonyl (C=O) groups excluding carboxylic acids is 4. The number of likely N-dealkylation sites (N-methyl/N-ethyl adjacent to an activating group) is 2. The molecule has 10 heteroatoms. The molecule has 0 aliphatic rings. The maximum Gasteiger partial charge on any atom is 0.310 e. The third kappa shape index (κ3) is 7.90. The number of amides is 3. The number of carbonyl (C=O) groups is 4. The van der Waals surface area contributed by atoms with Crippen molar-refractivity contribution in [2.24, 2.45) is 0 Å². The van der Waals surface area contributed by atoms with E-state index in [1.807, 2.05) is 12.1 Å². The molecule has 0 saturated heterocycles. The average molecular weight is 647 g/mol. The predicted molar refractivity (Wildman–Crippen MR) is 176 cm³/mol. The monoisotopic (exact) mass is 645 g/mol. The van der Waals surface area contributed by atoms with Gasteiger partial charge in [0.15, 0.2) is 5.41 Å². The summed E-state index contributed by atoms with van der Waals surface area (Å²) in [5.41, 5.74) is 1.69. The van der Waals surface area contributed by atoms with E-state index in [2.05, 4.69) is 16.0 Å². The van der Waals surface area contributed by atoms with Crippen molar-refractivity contribution in [1.29, 1.82) is 0 Å². The van der Waals surface area contributed by atoms with Gasteiger partial charge in [-0.15, -0.1) is 0 Å². The minimum absolute atomic E-state index is 0.107. The molecule has 3 N–H and O–H groups in total. The summed E-state index contributed by atoms with van der Waals surface area (Å²) < 4.78 is 5.58. The number of hydrogen-bond donors (Lipinski definition) is 3. The third-order valence-electron chi connectivity index (χ3n) is 7.13. The molecule has 8 nitrogen and oxygen atoms in total. The van der Waals surface area contributed by atoms with Gasteiger partial charge in [-0.05, 0) is 66.4 Å². The minimum Gasteiger partial charge on any atom is -0.463 e. The summed E-state index contributed by atoms with van der Waals surface area (Å²) in [6.45, 7) is 3.62. The Labute approximate surface area is 272 Å². The van der Waals surface area contributed by atoms with Gasteiger partial charge in [0, 0.05) is 24.3 Å². The maximum absolute atomic E-state index is 13.3. The smallest absolute Gasteiger partial charge is 0.310 e. The van der Waals surface area contributed by atoms with Crippen LogP contribution in [0.5, 0.6) is 0 Å². The number of benzene rings is 4. The van der Waals surface area contributed by atoms with Crippen molar-refractivity contribution < 1.29 is 23.9 Å². The first kappa shape index (κ1) is 33.2. The minimum atomic E-state index is -1.76. The first-order valence-corrected chi connectivity index (χ1v) is 15.2. The van der Waals surface area contributed by atoms with Crippen LogP contribution in [0.15, 0.2) is 97.1 Å². The van der Waals surface area contributed by atoms with Gasteiger partial charge in [0.2, 0.25) is 11.8 Å². The molecule has 0 heterocycles. The third-order valence-corrected chi connectivity index (χ3v) is 7.87. The topological polar surface area (TPSA) is 114 Å². The molecule has 0 unspecified atom stereocenters. The Morgan fingerprint density at radius 3 is 1.98 bits per heavy atom. The number of ether oxygens (including phenoxy) is 1. The molecule has 45 heavy (non-hydrogen) atoms. The van der Waals surface area contributed by atoms with Crippen molar-refractivity contribution in [1.82, 2.24) is 10.6 Å². The molecular weight excluding hydrogens is 613 g/mol. The van der Waals surface area contributed by atoms with E-state index in [9.17, 15) is 19.2 Å². The van der Waals surface area contributed by atoms with Crippen molar-refractivity contribution >= 4 is 52.6 Å². The Kier molecular flexibility index (Phi) is 11.4. The zero-order valence-electron chi connectivity index (χ0n) is 24.9. The van der Waals surface area contributed by atoms with Crippen LogP contribution in [-0.2, 0) is 31.0 Å². The molecule has 4 aromatic carbocycles.